The minimum absolute atomic E-state index is 0.220. The second-order valence-corrected chi connectivity index (χ2v) is 7.35. The number of benzene rings is 2. The van der Waals surface area contributed by atoms with Crippen LogP contribution in [0.4, 0.5) is 0 Å². The quantitative estimate of drug-likeness (QED) is 0.303. The van der Waals surface area contributed by atoms with Crippen molar-refractivity contribution in [2.75, 3.05) is 0 Å². The van der Waals surface area contributed by atoms with Crippen molar-refractivity contribution in [2.45, 2.75) is 39.0 Å². The summed E-state index contributed by atoms with van der Waals surface area (Å²) in [5.74, 6) is -0.173. The maximum atomic E-state index is 12.1. The van der Waals surface area contributed by atoms with Gasteiger partial charge in [0.15, 0.2) is 5.70 Å². The molecule has 0 bridgehead atoms. The average Bonchev–Trinajstić information content (AvgIpc) is 3.02. The van der Waals surface area contributed by atoms with Crippen LogP contribution in [0.3, 0.4) is 0 Å². The molecule has 0 spiro atoms. The van der Waals surface area contributed by atoms with Crippen molar-refractivity contribution in [2.24, 2.45) is 4.99 Å². The van der Waals surface area contributed by atoms with Gasteiger partial charge in [-0.25, -0.2) is 9.79 Å². The van der Waals surface area contributed by atoms with Gasteiger partial charge in [-0.3, -0.25) is 0 Å². The molecule has 2 aromatic rings. The van der Waals surface area contributed by atoms with E-state index >= 15 is 0 Å². The summed E-state index contributed by atoms with van der Waals surface area (Å²) in [5, 5.41) is 0.994. The zero-order valence-corrected chi connectivity index (χ0v) is 16.7. The number of ether oxygens (including phenoxy) is 1. The SMILES string of the molecule is CCCCCCc1ccc(C2=NC(=Cc3ccc(Cl)cc3Cl)C(=O)O2)cc1. The van der Waals surface area contributed by atoms with E-state index < -0.39 is 5.97 Å². The minimum Gasteiger partial charge on any atom is -0.402 e. The van der Waals surface area contributed by atoms with Crippen LogP contribution in [0.25, 0.3) is 6.08 Å². The first-order valence-electron chi connectivity index (χ1n) is 9.13. The highest BCUT2D eigenvalue weighted by Gasteiger charge is 2.24. The van der Waals surface area contributed by atoms with Crippen LogP contribution >= 0.6 is 23.2 Å². The number of carbonyl (C=O) groups excluding carboxylic acids is 1. The zero-order chi connectivity index (χ0) is 19.2. The van der Waals surface area contributed by atoms with Gasteiger partial charge in [-0.1, -0.05) is 67.6 Å². The van der Waals surface area contributed by atoms with Crippen LogP contribution in [-0.2, 0) is 16.0 Å². The topological polar surface area (TPSA) is 38.7 Å². The lowest BCUT2D eigenvalue weighted by molar-refractivity contribution is -0.129. The second kappa shape index (κ2) is 9.20. The third-order valence-corrected chi connectivity index (χ3v) is 4.96. The Hall–Kier alpha value is -2.10. The van der Waals surface area contributed by atoms with E-state index in [1.807, 2.05) is 12.1 Å². The number of aryl methyl sites for hydroxylation is 1. The van der Waals surface area contributed by atoms with Gasteiger partial charge in [-0.15, -0.1) is 0 Å². The summed E-state index contributed by atoms with van der Waals surface area (Å²) < 4.78 is 5.32. The lowest BCUT2D eigenvalue weighted by Crippen LogP contribution is -2.05. The van der Waals surface area contributed by atoms with Crippen molar-refractivity contribution in [1.82, 2.24) is 0 Å². The molecule has 0 atom stereocenters. The Labute approximate surface area is 169 Å². The smallest absolute Gasteiger partial charge is 0.363 e. The molecular formula is C22H21Cl2NO2. The molecule has 2 aromatic carbocycles. The maximum Gasteiger partial charge on any atom is 0.363 e. The number of aliphatic imine (C=N–C) groups is 1. The lowest BCUT2D eigenvalue weighted by atomic mass is 10.0. The molecule has 140 valence electrons. The molecule has 1 aliphatic rings. The fourth-order valence-electron chi connectivity index (χ4n) is 2.87. The maximum absolute atomic E-state index is 12.1. The molecule has 5 heteroatoms. The number of hydrogen-bond donors (Lipinski definition) is 0. The lowest BCUT2D eigenvalue weighted by Gasteiger charge is -2.03. The molecule has 0 aliphatic carbocycles. The molecule has 0 aromatic heterocycles. The van der Waals surface area contributed by atoms with Gasteiger partial charge in [0.25, 0.3) is 0 Å². The van der Waals surface area contributed by atoms with Crippen molar-refractivity contribution in [1.29, 1.82) is 0 Å². The number of cyclic esters (lactones) is 1. The van der Waals surface area contributed by atoms with Crippen molar-refractivity contribution in [3.05, 3.63) is 74.9 Å². The molecule has 0 saturated heterocycles. The molecule has 27 heavy (non-hydrogen) atoms. The summed E-state index contributed by atoms with van der Waals surface area (Å²) >= 11 is 12.1. The molecule has 0 saturated carbocycles. The van der Waals surface area contributed by atoms with Gasteiger partial charge in [0.2, 0.25) is 5.90 Å². The molecule has 3 nitrogen and oxygen atoms in total. The summed E-state index contributed by atoms with van der Waals surface area (Å²) in [6, 6.07) is 13.1. The monoisotopic (exact) mass is 401 g/mol. The van der Waals surface area contributed by atoms with E-state index in [-0.39, 0.29) is 5.70 Å². The Morgan fingerprint density at radius 1 is 1.04 bits per heavy atom. The third-order valence-electron chi connectivity index (χ3n) is 4.40. The number of halogens is 2. The predicted molar refractivity (Wildman–Crippen MR) is 111 cm³/mol. The number of esters is 1. The zero-order valence-electron chi connectivity index (χ0n) is 15.2. The predicted octanol–water partition coefficient (Wildman–Crippen LogP) is 6.46. The highest BCUT2D eigenvalue weighted by atomic mass is 35.5. The average molecular weight is 402 g/mol. The van der Waals surface area contributed by atoms with Crippen LogP contribution in [0, 0.1) is 0 Å². The standard InChI is InChI=1S/C22H21Cl2NO2/c1-2-3-4-5-6-15-7-9-16(10-8-15)21-25-20(22(26)27-21)13-17-11-12-18(23)14-19(17)24/h7-14H,2-6H2,1H3. The van der Waals surface area contributed by atoms with Crippen molar-refractivity contribution in [3.63, 3.8) is 0 Å². The molecule has 0 amide bonds. The van der Waals surface area contributed by atoms with Crippen LogP contribution in [0.15, 0.2) is 53.2 Å². The highest BCUT2D eigenvalue weighted by Crippen LogP contribution is 2.26. The molecule has 3 rings (SSSR count). The Morgan fingerprint density at radius 2 is 1.81 bits per heavy atom. The molecule has 0 unspecified atom stereocenters. The summed E-state index contributed by atoms with van der Waals surface area (Å²) in [7, 11) is 0. The molecule has 1 aliphatic heterocycles. The Bertz CT molecular complexity index is 886. The second-order valence-electron chi connectivity index (χ2n) is 6.51. The molecular weight excluding hydrogens is 381 g/mol. The van der Waals surface area contributed by atoms with Gasteiger partial charge >= 0.3 is 5.97 Å². The first-order chi connectivity index (χ1) is 13.1. The summed E-state index contributed by atoms with van der Waals surface area (Å²) in [6.07, 6.45) is 7.63. The van der Waals surface area contributed by atoms with Crippen LogP contribution < -0.4 is 0 Å². The molecule has 0 fully saturated rings. The van der Waals surface area contributed by atoms with Crippen molar-refractivity contribution in [3.8, 4) is 0 Å². The van der Waals surface area contributed by atoms with Crippen LogP contribution in [-0.4, -0.2) is 11.9 Å². The van der Waals surface area contributed by atoms with Crippen molar-refractivity contribution >= 4 is 41.1 Å². The van der Waals surface area contributed by atoms with Gasteiger partial charge in [-0.05, 0) is 54.3 Å². The molecule has 0 radical (unpaired) electrons. The van der Waals surface area contributed by atoms with Gasteiger partial charge in [0.1, 0.15) is 0 Å². The van der Waals surface area contributed by atoms with Gasteiger partial charge in [0, 0.05) is 15.6 Å². The molecule has 0 N–H and O–H groups in total. The van der Waals surface area contributed by atoms with Gasteiger partial charge in [-0.2, -0.15) is 0 Å². The fourth-order valence-corrected chi connectivity index (χ4v) is 3.33. The van der Waals surface area contributed by atoms with E-state index in [0.29, 0.717) is 21.5 Å². The number of rotatable bonds is 7. The van der Waals surface area contributed by atoms with Crippen LogP contribution in [0.1, 0.15) is 49.3 Å². The largest absolute Gasteiger partial charge is 0.402 e. The van der Waals surface area contributed by atoms with E-state index in [2.05, 4.69) is 24.0 Å². The highest BCUT2D eigenvalue weighted by molar-refractivity contribution is 6.35. The number of carbonyl (C=O) groups is 1. The first-order valence-corrected chi connectivity index (χ1v) is 9.89. The fraction of sp³-hybridized carbons (Fsp3) is 0.273. The Morgan fingerprint density at radius 3 is 2.52 bits per heavy atom. The third kappa shape index (κ3) is 5.21. The van der Waals surface area contributed by atoms with Crippen LogP contribution in [0.2, 0.25) is 10.0 Å². The van der Waals surface area contributed by atoms with Crippen molar-refractivity contribution < 1.29 is 9.53 Å². The number of nitrogens with zero attached hydrogens (tertiary/aromatic N) is 1. The Kier molecular flexibility index (Phi) is 6.70. The van der Waals surface area contributed by atoms with Crippen LogP contribution in [0.5, 0.6) is 0 Å². The van der Waals surface area contributed by atoms with E-state index in [1.165, 1.54) is 31.2 Å². The number of unbranched alkanes of at least 4 members (excludes halogenated alkanes) is 3. The summed E-state index contributed by atoms with van der Waals surface area (Å²) in [5.41, 5.74) is 2.95. The number of hydrogen-bond acceptors (Lipinski definition) is 3. The minimum atomic E-state index is -0.486. The van der Waals surface area contributed by atoms with E-state index in [1.54, 1.807) is 24.3 Å². The van der Waals surface area contributed by atoms with Gasteiger partial charge in [0.05, 0.1) is 0 Å². The van der Waals surface area contributed by atoms with E-state index in [4.69, 9.17) is 27.9 Å². The molecule has 1 heterocycles. The summed E-state index contributed by atoms with van der Waals surface area (Å²) in [4.78, 5) is 16.5. The normalized spacial score (nSPS) is 15.1. The van der Waals surface area contributed by atoms with E-state index in [0.717, 1.165) is 12.0 Å². The van der Waals surface area contributed by atoms with Gasteiger partial charge < -0.3 is 4.74 Å². The first kappa shape index (κ1) is 19.7. The Balaban J connectivity index is 1.73. The summed E-state index contributed by atoms with van der Waals surface area (Å²) in [6.45, 7) is 2.21. The van der Waals surface area contributed by atoms with E-state index in [9.17, 15) is 4.79 Å².